The smallest absolute Gasteiger partial charge is 0.338 e. The van der Waals surface area contributed by atoms with E-state index in [1.807, 2.05) is 6.92 Å². The van der Waals surface area contributed by atoms with Crippen LogP contribution in [0.2, 0.25) is 0 Å². The number of epoxide rings is 1. The lowest BCUT2D eigenvalue weighted by atomic mass is 9.29. The fourth-order valence-electron chi connectivity index (χ4n) is 11.8. The van der Waals surface area contributed by atoms with Crippen molar-refractivity contribution in [2.24, 2.45) is 38.9 Å². The van der Waals surface area contributed by atoms with E-state index in [4.69, 9.17) is 23.7 Å². The Balaban J connectivity index is 1.59. The Morgan fingerprint density at radius 2 is 1.73 bits per heavy atom. The third-order valence-electron chi connectivity index (χ3n) is 13.7. The minimum absolute atomic E-state index is 0.0329. The predicted octanol–water partition coefficient (Wildman–Crippen LogP) is 4.05. The van der Waals surface area contributed by atoms with Gasteiger partial charge in [-0.3, -0.25) is 14.4 Å². The van der Waals surface area contributed by atoms with E-state index < -0.39 is 86.9 Å². The summed E-state index contributed by atoms with van der Waals surface area (Å²) in [4.78, 5) is 52.6. The Bertz CT molecular complexity index is 1310. The van der Waals surface area contributed by atoms with Crippen LogP contribution in [-0.2, 0) is 42.9 Å². The molecule has 6 fully saturated rings. The zero-order valence-electron chi connectivity index (χ0n) is 27.2. The summed E-state index contributed by atoms with van der Waals surface area (Å²) in [5, 5.41) is 13.1. The normalized spacial score (nSPS) is 50.6. The van der Waals surface area contributed by atoms with Gasteiger partial charge in [-0.05, 0) is 74.5 Å². The third kappa shape index (κ3) is 3.79. The van der Waals surface area contributed by atoms with E-state index in [1.165, 1.54) is 21.0 Å². The van der Waals surface area contributed by atoms with Crippen molar-refractivity contribution in [2.45, 2.75) is 123 Å². The molecule has 0 radical (unpaired) electrons. The molecule has 0 aromatic heterocycles. The van der Waals surface area contributed by atoms with Gasteiger partial charge in [-0.1, -0.05) is 32.9 Å². The predicted molar refractivity (Wildman–Crippen MR) is 156 cm³/mol. The van der Waals surface area contributed by atoms with Gasteiger partial charge in [0.25, 0.3) is 0 Å². The molecule has 1 N–H and O–H groups in total. The summed E-state index contributed by atoms with van der Waals surface area (Å²) in [6, 6.07) is 0. The van der Waals surface area contributed by atoms with Crippen molar-refractivity contribution >= 4 is 23.9 Å². The number of fused-ring (bicyclic) bond motifs is 9. The molecule has 2 heterocycles. The number of hydrogen-bond acceptors (Lipinski definition) is 10. The summed E-state index contributed by atoms with van der Waals surface area (Å²) >= 11 is 0. The lowest BCUT2D eigenvalue weighted by Crippen LogP contribution is -2.79. The lowest BCUT2D eigenvalue weighted by molar-refractivity contribution is -0.326. The van der Waals surface area contributed by atoms with Crippen molar-refractivity contribution in [2.75, 3.05) is 13.7 Å². The first-order chi connectivity index (χ1) is 20.5. The fraction of sp³-hybridized carbons (Fsp3) is 0.824. The molecular formula is C34H48O10. The number of cyclic esters (lactones) is 1. The first-order valence-electron chi connectivity index (χ1n) is 16.1. The first kappa shape index (κ1) is 31.5. The van der Waals surface area contributed by atoms with Crippen LogP contribution in [-0.4, -0.2) is 72.7 Å². The van der Waals surface area contributed by atoms with Gasteiger partial charge in [-0.2, -0.15) is 0 Å². The summed E-state index contributed by atoms with van der Waals surface area (Å²) in [5.41, 5.74) is -4.83. The average Bonchev–Trinajstić information content (AvgIpc) is 3.72. The molecule has 10 heteroatoms. The summed E-state index contributed by atoms with van der Waals surface area (Å²) in [5.74, 6) is -2.57. The van der Waals surface area contributed by atoms with E-state index >= 15 is 0 Å². The van der Waals surface area contributed by atoms with Crippen LogP contribution in [0.1, 0.15) is 92.9 Å². The zero-order chi connectivity index (χ0) is 32.3. The van der Waals surface area contributed by atoms with E-state index in [0.717, 1.165) is 18.4 Å². The van der Waals surface area contributed by atoms with Gasteiger partial charge in [0.1, 0.15) is 24.2 Å². The highest BCUT2D eigenvalue weighted by Crippen LogP contribution is 2.79. The number of carbonyl (C=O) groups excluding carboxylic acids is 4. The molecule has 2 saturated heterocycles. The van der Waals surface area contributed by atoms with Crippen molar-refractivity contribution in [3.8, 4) is 0 Å². The Morgan fingerprint density at radius 1 is 1.02 bits per heavy atom. The molecule has 6 rings (SSSR count). The van der Waals surface area contributed by atoms with Crippen molar-refractivity contribution < 1.29 is 48.0 Å². The highest BCUT2D eigenvalue weighted by atomic mass is 16.6. The van der Waals surface area contributed by atoms with Crippen LogP contribution < -0.4 is 0 Å². The second kappa shape index (κ2) is 9.77. The number of esters is 4. The SMILES string of the molecule is C=C1CCC2(C)CCC3(C)C4C(OC(C)=O)CC5(COC(C)=O)C(C)OC(=O)C6OC6C5C4(C)CCC3(C(=O)OC)C2(O)C1. The van der Waals surface area contributed by atoms with Crippen LogP contribution >= 0.6 is 0 Å². The quantitative estimate of drug-likeness (QED) is 0.213. The highest BCUT2D eigenvalue weighted by Gasteiger charge is 2.83. The number of methoxy groups -OCH3 is 1. The van der Waals surface area contributed by atoms with E-state index in [9.17, 15) is 24.3 Å². The van der Waals surface area contributed by atoms with E-state index in [0.29, 0.717) is 32.1 Å². The molecule has 12 unspecified atom stereocenters. The van der Waals surface area contributed by atoms with Crippen LogP contribution in [0.25, 0.3) is 0 Å². The number of rotatable bonds is 4. The minimum Gasteiger partial charge on any atom is -0.468 e. The molecular weight excluding hydrogens is 568 g/mol. The first-order valence-corrected chi connectivity index (χ1v) is 16.1. The number of aliphatic hydroxyl groups is 1. The molecule has 0 aromatic carbocycles. The summed E-state index contributed by atoms with van der Waals surface area (Å²) in [7, 11) is 1.38. The van der Waals surface area contributed by atoms with Crippen molar-refractivity contribution in [3.05, 3.63) is 12.2 Å². The Labute approximate surface area is 259 Å². The van der Waals surface area contributed by atoms with E-state index in [-0.39, 0.29) is 18.9 Å². The van der Waals surface area contributed by atoms with Gasteiger partial charge >= 0.3 is 23.9 Å². The van der Waals surface area contributed by atoms with Crippen molar-refractivity contribution in [3.63, 3.8) is 0 Å². The highest BCUT2D eigenvalue weighted by molar-refractivity contribution is 5.81. The maximum absolute atomic E-state index is 14.4. The number of hydrogen-bond donors (Lipinski definition) is 1. The molecule has 244 valence electrons. The Morgan fingerprint density at radius 3 is 2.36 bits per heavy atom. The number of carbonyl (C=O) groups is 4. The van der Waals surface area contributed by atoms with Crippen LogP contribution in [0.15, 0.2) is 12.2 Å². The molecule has 0 amide bonds. The van der Waals surface area contributed by atoms with Gasteiger partial charge in [0, 0.05) is 25.7 Å². The van der Waals surface area contributed by atoms with Gasteiger partial charge in [0.2, 0.25) is 0 Å². The maximum atomic E-state index is 14.4. The molecule has 0 aromatic rings. The second-order valence-corrected chi connectivity index (χ2v) is 15.6. The standard InChI is InChI=1S/C34H48O10/c1-18-9-10-29(5)11-13-31(7)25-22(43-21(4)36)16-32(17-41-20(3)35)19(2)42-27(37)24-23(44-24)26(32)30(25,6)12-14-33(31,28(38)40-8)34(29,39)15-18/h19,22-26,39H,1,9-17H2,2-8H3. The van der Waals surface area contributed by atoms with Gasteiger partial charge < -0.3 is 28.8 Å². The summed E-state index contributed by atoms with van der Waals surface area (Å²) < 4.78 is 29.6. The average molecular weight is 617 g/mol. The van der Waals surface area contributed by atoms with Crippen molar-refractivity contribution in [1.82, 2.24) is 0 Å². The van der Waals surface area contributed by atoms with Crippen molar-refractivity contribution in [1.29, 1.82) is 0 Å². The Hall–Kier alpha value is -2.46. The molecule has 44 heavy (non-hydrogen) atoms. The van der Waals surface area contributed by atoms with Gasteiger partial charge in [0.05, 0.1) is 24.2 Å². The molecule has 4 aliphatic carbocycles. The maximum Gasteiger partial charge on any atom is 0.338 e. The number of ether oxygens (including phenoxy) is 5. The largest absolute Gasteiger partial charge is 0.468 e. The van der Waals surface area contributed by atoms with Crippen LogP contribution in [0.5, 0.6) is 0 Å². The van der Waals surface area contributed by atoms with Crippen LogP contribution in [0.4, 0.5) is 0 Å². The molecule has 4 saturated carbocycles. The summed E-state index contributed by atoms with van der Waals surface area (Å²) in [6.45, 7) is 15.1. The van der Waals surface area contributed by atoms with E-state index in [2.05, 4.69) is 27.4 Å². The zero-order valence-corrected chi connectivity index (χ0v) is 27.2. The van der Waals surface area contributed by atoms with Gasteiger partial charge in [-0.15, -0.1) is 0 Å². The van der Waals surface area contributed by atoms with Gasteiger partial charge in [0.15, 0.2) is 6.10 Å². The molecule has 10 nitrogen and oxygen atoms in total. The topological polar surface area (TPSA) is 138 Å². The van der Waals surface area contributed by atoms with Gasteiger partial charge in [-0.25, -0.2) is 4.79 Å². The lowest BCUT2D eigenvalue weighted by Gasteiger charge is -2.75. The molecule has 2 aliphatic heterocycles. The third-order valence-corrected chi connectivity index (χ3v) is 13.7. The van der Waals surface area contributed by atoms with Crippen LogP contribution in [0, 0.1) is 38.9 Å². The minimum atomic E-state index is -1.43. The molecule has 12 atom stereocenters. The van der Waals surface area contributed by atoms with E-state index in [1.54, 1.807) is 0 Å². The fourth-order valence-corrected chi connectivity index (χ4v) is 11.8. The monoisotopic (exact) mass is 616 g/mol. The van der Waals surface area contributed by atoms with Crippen LogP contribution in [0.3, 0.4) is 0 Å². The Kier molecular flexibility index (Phi) is 7.00. The summed E-state index contributed by atoms with van der Waals surface area (Å²) in [6.07, 6.45) is 1.52. The molecule has 6 aliphatic rings. The molecule has 0 bridgehead atoms. The molecule has 0 spiro atoms. The second-order valence-electron chi connectivity index (χ2n) is 15.6.